The molecule has 0 aliphatic carbocycles. The van der Waals surface area contributed by atoms with E-state index in [1.54, 1.807) is 7.11 Å². The van der Waals surface area contributed by atoms with Gasteiger partial charge in [-0.25, -0.2) is 0 Å². The lowest BCUT2D eigenvalue weighted by atomic mass is 10.0. The second-order valence-electron chi connectivity index (χ2n) is 5.87. The highest BCUT2D eigenvalue weighted by atomic mass is 32.1. The Morgan fingerprint density at radius 3 is 2.46 bits per heavy atom. The maximum Gasteiger partial charge on any atom is 0.170 e. The molecule has 5 heteroatoms. The maximum atomic E-state index is 5.49. The molecule has 0 radical (unpaired) electrons. The van der Waals surface area contributed by atoms with E-state index in [1.807, 2.05) is 36.4 Å². The molecular formula is C19H25N3OS. The lowest BCUT2D eigenvalue weighted by Crippen LogP contribution is -2.37. The average molecular weight is 343 g/mol. The van der Waals surface area contributed by atoms with Gasteiger partial charge in [-0.15, -0.1) is 0 Å². The summed E-state index contributed by atoms with van der Waals surface area (Å²) in [5, 5.41) is 7.18. The Labute approximate surface area is 149 Å². The Balaban J connectivity index is 2.04. The van der Waals surface area contributed by atoms with Crippen LogP contribution < -0.4 is 15.4 Å². The standard InChI is InChI=1S/C19H25N3OS/c1-14-9-5-7-11-16(14)21-19(24)20-13-17(22(2)3)15-10-6-8-12-18(15)23-4/h5-12,17H,13H2,1-4H3,(H2,20,21,24)/t17-/m0/s1. The fourth-order valence-corrected chi connectivity index (χ4v) is 2.77. The number of ether oxygens (including phenoxy) is 1. The molecule has 2 aromatic carbocycles. The molecule has 0 amide bonds. The highest BCUT2D eigenvalue weighted by Crippen LogP contribution is 2.27. The van der Waals surface area contributed by atoms with Crippen molar-refractivity contribution in [2.24, 2.45) is 0 Å². The van der Waals surface area contributed by atoms with Gasteiger partial charge >= 0.3 is 0 Å². The minimum absolute atomic E-state index is 0.151. The van der Waals surface area contributed by atoms with E-state index in [2.05, 4.69) is 48.7 Å². The van der Waals surface area contributed by atoms with Crippen molar-refractivity contribution < 1.29 is 4.74 Å². The molecule has 0 unspecified atom stereocenters. The fraction of sp³-hybridized carbons (Fsp3) is 0.316. The summed E-state index contributed by atoms with van der Waals surface area (Å²) in [6.07, 6.45) is 0. The molecular weight excluding hydrogens is 318 g/mol. The number of benzene rings is 2. The van der Waals surface area contributed by atoms with Crippen LogP contribution in [0.3, 0.4) is 0 Å². The molecule has 1 atom stereocenters. The number of likely N-dealkylation sites (N-methyl/N-ethyl adjacent to an activating group) is 1. The summed E-state index contributed by atoms with van der Waals surface area (Å²) >= 11 is 5.44. The first-order valence-corrected chi connectivity index (χ1v) is 8.33. The summed E-state index contributed by atoms with van der Waals surface area (Å²) < 4.78 is 5.49. The zero-order valence-corrected chi connectivity index (χ0v) is 15.5. The molecule has 0 aliphatic heterocycles. The Kier molecular flexibility index (Phi) is 6.58. The zero-order chi connectivity index (χ0) is 17.5. The molecule has 128 valence electrons. The van der Waals surface area contributed by atoms with Crippen molar-refractivity contribution in [3.8, 4) is 5.75 Å². The van der Waals surface area contributed by atoms with Crippen LogP contribution in [0, 0.1) is 6.92 Å². The highest BCUT2D eigenvalue weighted by Gasteiger charge is 2.18. The second kappa shape index (κ2) is 8.66. The van der Waals surface area contributed by atoms with Gasteiger partial charge in [0.1, 0.15) is 5.75 Å². The van der Waals surface area contributed by atoms with Crippen LogP contribution in [0.5, 0.6) is 5.75 Å². The molecule has 2 rings (SSSR count). The minimum Gasteiger partial charge on any atom is -0.496 e. The zero-order valence-electron chi connectivity index (χ0n) is 14.7. The van der Waals surface area contributed by atoms with E-state index in [0.29, 0.717) is 11.7 Å². The van der Waals surface area contributed by atoms with Crippen molar-refractivity contribution in [1.82, 2.24) is 10.2 Å². The number of para-hydroxylation sites is 2. The molecule has 4 nitrogen and oxygen atoms in total. The van der Waals surface area contributed by atoms with Crippen LogP contribution in [0.25, 0.3) is 0 Å². The fourth-order valence-electron chi connectivity index (χ4n) is 2.58. The summed E-state index contributed by atoms with van der Waals surface area (Å²) in [6, 6.07) is 16.3. The summed E-state index contributed by atoms with van der Waals surface area (Å²) in [5.41, 5.74) is 3.32. The first-order valence-electron chi connectivity index (χ1n) is 7.92. The predicted octanol–water partition coefficient (Wildman–Crippen LogP) is 3.59. The molecule has 2 aromatic rings. The number of methoxy groups -OCH3 is 1. The number of aryl methyl sites for hydroxylation is 1. The van der Waals surface area contributed by atoms with Gasteiger partial charge in [-0.3, -0.25) is 0 Å². The van der Waals surface area contributed by atoms with Gasteiger partial charge < -0.3 is 20.3 Å². The Morgan fingerprint density at radius 1 is 1.12 bits per heavy atom. The lowest BCUT2D eigenvalue weighted by molar-refractivity contribution is 0.288. The first-order chi connectivity index (χ1) is 11.5. The van der Waals surface area contributed by atoms with Crippen LogP contribution >= 0.6 is 12.2 Å². The molecule has 0 aliphatic rings. The first kappa shape index (κ1) is 18.2. The van der Waals surface area contributed by atoms with Crippen LogP contribution in [-0.2, 0) is 0 Å². The van der Waals surface area contributed by atoms with E-state index >= 15 is 0 Å². The van der Waals surface area contributed by atoms with Crippen molar-refractivity contribution in [2.45, 2.75) is 13.0 Å². The van der Waals surface area contributed by atoms with E-state index in [9.17, 15) is 0 Å². The number of hydrogen-bond acceptors (Lipinski definition) is 3. The second-order valence-corrected chi connectivity index (χ2v) is 6.28. The smallest absolute Gasteiger partial charge is 0.170 e. The summed E-state index contributed by atoms with van der Waals surface area (Å²) in [6.45, 7) is 2.74. The minimum atomic E-state index is 0.151. The Hall–Kier alpha value is -2.11. The third-order valence-corrected chi connectivity index (χ3v) is 4.22. The summed E-state index contributed by atoms with van der Waals surface area (Å²) in [7, 11) is 5.80. The molecule has 0 bridgehead atoms. The average Bonchev–Trinajstić information content (AvgIpc) is 2.57. The van der Waals surface area contributed by atoms with Gasteiger partial charge in [0.25, 0.3) is 0 Å². The summed E-state index contributed by atoms with van der Waals surface area (Å²) in [4.78, 5) is 2.15. The highest BCUT2D eigenvalue weighted by molar-refractivity contribution is 7.80. The number of anilines is 1. The van der Waals surface area contributed by atoms with Crippen molar-refractivity contribution in [3.63, 3.8) is 0 Å². The monoisotopic (exact) mass is 343 g/mol. The molecule has 0 aromatic heterocycles. The van der Waals surface area contributed by atoms with Gasteiger partial charge in [0.2, 0.25) is 0 Å². The predicted molar refractivity (Wildman–Crippen MR) is 105 cm³/mol. The van der Waals surface area contributed by atoms with Gasteiger partial charge in [0.05, 0.1) is 13.2 Å². The van der Waals surface area contributed by atoms with Crippen molar-refractivity contribution >= 4 is 23.0 Å². The van der Waals surface area contributed by atoms with Crippen LogP contribution in [0.4, 0.5) is 5.69 Å². The van der Waals surface area contributed by atoms with Crippen molar-refractivity contribution in [1.29, 1.82) is 0 Å². The van der Waals surface area contributed by atoms with Gasteiger partial charge in [-0.2, -0.15) is 0 Å². The van der Waals surface area contributed by atoms with Crippen molar-refractivity contribution in [2.75, 3.05) is 33.1 Å². The third kappa shape index (κ3) is 4.69. The summed E-state index contributed by atoms with van der Waals surface area (Å²) in [5.74, 6) is 0.885. The lowest BCUT2D eigenvalue weighted by Gasteiger charge is -2.27. The number of rotatable bonds is 6. The molecule has 0 spiro atoms. The molecule has 0 fully saturated rings. The van der Waals surface area contributed by atoms with E-state index in [0.717, 1.165) is 22.6 Å². The Bertz CT molecular complexity index is 688. The normalized spacial score (nSPS) is 11.9. The third-order valence-electron chi connectivity index (χ3n) is 3.97. The van der Waals surface area contributed by atoms with E-state index < -0.39 is 0 Å². The number of thiocarbonyl (C=S) groups is 1. The van der Waals surface area contributed by atoms with E-state index in [4.69, 9.17) is 17.0 Å². The van der Waals surface area contributed by atoms with E-state index in [1.165, 1.54) is 0 Å². The molecule has 2 N–H and O–H groups in total. The Morgan fingerprint density at radius 2 is 1.79 bits per heavy atom. The van der Waals surface area contributed by atoms with E-state index in [-0.39, 0.29) is 6.04 Å². The van der Waals surface area contributed by atoms with Crippen LogP contribution in [0.2, 0.25) is 0 Å². The largest absolute Gasteiger partial charge is 0.496 e. The number of hydrogen-bond donors (Lipinski definition) is 2. The molecule has 24 heavy (non-hydrogen) atoms. The van der Waals surface area contributed by atoms with Crippen LogP contribution in [0.1, 0.15) is 17.2 Å². The SMILES string of the molecule is COc1ccccc1[C@H](CNC(=S)Nc1ccccc1C)N(C)C. The van der Waals surface area contributed by atoms with Crippen LogP contribution in [-0.4, -0.2) is 37.8 Å². The van der Waals surface area contributed by atoms with Crippen molar-refractivity contribution in [3.05, 3.63) is 59.7 Å². The van der Waals surface area contributed by atoms with Gasteiger partial charge in [-0.1, -0.05) is 36.4 Å². The van der Waals surface area contributed by atoms with Gasteiger partial charge in [0.15, 0.2) is 5.11 Å². The quantitative estimate of drug-likeness (QED) is 0.784. The number of nitrogens with zero attached hydrogens (tertiary/aromatic N) is 1. The van der Waals surface area contributed by atoms with Crippen LogP contribution in [0.15, 0.2) is 48.5 Å². The molecule has 0 saturated heterocycles. The van der Waals surface area contributed by atoms with Gasteiger partial charge in [-0.05, 0) is 50.9 Å². The topological polar surface area (TPSA) is 36.5 Å². The molecule has 0 heterocycles. The van der Waals surface area contributed by atoms with Gasteiger partial charge in [0, 0.05) is 17.8 Å². The maximum absolute atomic E-state index is 5.49. The molecule has 0 saturated carbocycles. The number of nitrogens with one attached hydrogen (secondary N) is 2.